The molecule has 0 bridgehead atoms. The van der Waals surface area contributed by atoms with Gasteiger partial charge in [-0.25, -0.2) is 0 Å². The van der Waals surface area contributed by atoms with Gasteiger partial charge < -0.3 is 5.32 Å². The molecule has 26 heavy (non-hydrogen) atoms. The van der Waals surface area contributed by atoms with Crippen LogP contribution in [0.1, 0.15) is 34.7 Å². The third-order valence-electron chi connectivity index (χ3n) is 4.29. The Hall–Kier alpha value is -3.38. The molecule has 3 heteroatoms. The van der Waals surface area contributed by atoms with Crippen LogP contribution < -0.4 is 5.32 Å². The summed E-state index contributed by atoms with van der Waals surface area (Å²) in [5.74, 6) is 0.00654. The van der Waals surface area contributed by atoms with Gasteiger partial charge in [-0.3, -0.25) is 4.79 Å². The van der Waals surface area contributed by atoms with E-state index in [-0.39, 0.29) is 11.9 Å². The largest absolute Gasteiger partial charge is 0.345 e. The van der Waals surface area contributed by atoms with Crippen molar-refractivity contribution in [3.05, 3.63) is 107 Å². The predicted octanol–water partition coefficient (Wildman–Crippen LogP) is 4.40. The molecule has 1 amide bonds. The molecule has 0 aliphatic rings. The SMILES string of the molecule is N#Cc1ccc(CCC(=O)NC(c2ccccc2)c2ccccc2)cc1. The first-order valence-electron chi connectivity index (χ1n) is 8.64. The molecule has 3 nitrogen and oxygen atoms in total. The zero-order chi connectivity index (χ0) is 18.2. The van der Waals surface area contributed by atoms with Crippen LogP contribution in [0.3, 0.4) is 0 Å². The van der Waals surface area contributed by atoms with Gasteiger partial charge in [0, 0.05) is 6.42 Å². The van der Waals surface area contributed by atoms with Gasteiger partial charge in [-0.15, -0.1) is 0 Å². The van der Waals surface area contributed by atoms with E-state index in [1.54, 1.807) is 12.1 Å². The van der Waals surface area contributed by atoms with Gasteiger partial charge >= 0.3 is 0 Å². The topological polar surface area (TPSA) is 52.9 Å². The van der Waals surface area contributed by atoms with Crippen LogP contribution in [0.15, 0.2) is 84.9 Å². The fourth-order valence-electron chi connectivity index (χ4n) is 2.89. The van der Waals surface area contributed by atoms with E-state index in [4.69, 9.17) is 5.26 Å². The van der Waals surface area contributed by atoms with Gasteiger partial charge in [-0.2, -0.15) is 5.26 Å². The van der Waals surface area contributed by atoms with E-state index >= 15 is 0 Å². The molecule has 0 aromatic heterocycles. The summed E-state index contributed by atoms with van der Waals surface area (Å²) in [4.78, 5) is 12.5. The molecule has 0 aliphatic heterocycles. The number of nitriles is 1. The van der Waals surface area contributed by atoms with Crippen molar-refractivity contribution >= 4 is 5.91 Å². The van der Waals surface area contributed by atoms with Gasteiger partial charge in [-0.05, 0) is 35.2 Å². The van der Waals surface area contributed by atoms with Crippen LogP contribution in [-0.2, 0) is 11.2 Å². The smallest absolute Gasteiger partial charge is 0.221 e. The molecule has 0 aliphatic carbocycles. The molecule has 0 heterocycles. The number of hydrogen-bond donors (Lipinski definition) is 1. The van der Waals surface area contributed by atoms with Gasteiger partial charge in [0.15, 0.2) is 0 Å². The average Bonchev–Trinajstić information content (AvgIpc) is 2.72. The van der Waals surface area contributed by atoms with Crippen LogP contribution in [0.25, 0.3) is 0 Å². The molecule has 1 N–H and O–H groups in total. The molecule has 3 rings (SSSR count). The Kier molecular flexibility index (Phi) is 5.80. The lowest BCUT2D eigenvalue weighted by Gasteiger charge is -2.20. The first-order valence-corrected chi connectivity index (χ1v) is 8.64. The number of benzene rings is 3. The number of carbonyl (C=O) groups excluding carboxylic acids is 1. The molecule has 0 spiro atoms. The second kappa shape index (κ2) is 8.64. The summed E-state index contributed by atoms with van der Waals surface area (Å²) in [7, 11) is 0. The maximum Gasteiger partial charge on any atom is 0.221 e. The Morgan fingerprint density at radius 1 is 0.846 bits per heavy atom. The van der Waals surface area contributed by atoms with Crippen molar-refractivity contribution in [3.63, 3.8) is 0 Å². The van der Waals surface area contributed by atoms with Crippen molar-refractivity contribution in [3.8, 4) is 6.07 Å². The summed E-state index contributed by atoms with van der Waals surface area (Å²) < 4.78 is 0. The molecule has 3 aromatic carbocycles. The van der Waals surface area contributed by atoms with Crippen molar-refractivity contribution in [2.24, 2.45) is 0 Å². The monoisotopic (exact) mass is 340 g/mol. The maximum absolute atomic E-state index is 12.5. The van der Waals surface area contributed by atoms with E-state index < -0.39 is 0 Å². The highest BCUT2D eigenvalue weighted by molar-refractivity contribution is 5.77. The van der Waals surface area contributed by atoms with Crippen LogP contribution in [0.5, 0.6) is 0 Å². The van der Waals surface area contributed by atoms with E-state index in [1.807, 2.05) is 72.8 Å². The average molecular weight is 340 g/mol. The van der Waals surface area contributed by atoms with E-state index in [2.05, 4.69) is 11.4 Å². The number of nitrogens with zero attached hydrogens (tertiary/aromatic N) is 1. The molecule has 128 valence electrons. The summed E-state index contributed by atoms with van der Waals surface area (Å²) in [6, 6.07) is 29.3. The summed E-state index contributed by atoms with van der Waals surface area (Å²) in [6.45, 7) is 0. The van der Waals surface area contributed by atoms with Crippen molar-refractivity contribution in [2.45, 2.75) is 18.9 Å². The van der Waals surface area contributed by atoms with Gasteiger partial charge in [0.1, 0.15) is 0 Å². The highest BCUT2D eigenvalue weighted by Crippen LogP contribution is 2.22. The minimum absolute atomic E-state index is 0.00654. The van der Waals surface area contributed by atoms with Crippen molar-refractivity contribution < 1.29 is 4.79 Å². The summed E-state index contributed by atoms with van der Waals surface area (Å²) >= 11 is 0. The van der Waals surface area contributed by atoms with Crippen LogP contribution in [0, 0.1) is 11.3 Å². The van der Waals surface area contributed by atoms with Crippen LogP contribution in [-0.4, -0.2) is 5.91 Å². The number of carbonyl (C=O) groups is 1. The quantitative estimate of drug-likeness (QED) is 0.723. The number of hydrogen-bond acceptors (Lipinski definition) is 2. The Labute approximate surface area is 153 Å². The Morgan fingerprint density at radius 3 is 1.88 bits per heavy atom. The molecule has 0 unspecified atom stereocenters. The molecular formula is C23H20N2O. The second-order valence-corrected chi connectivity index (χ2v) is 6.13. The standard InChI is InChI=1S/C23H20N2O/c24-17-19-13-11-18(12-14-19)15-16-22(26)25-23(20-7-3-1-4-8-20)21-9-5-2-6-10-21/h1-14,23H,15-16H2,(H,25,26). The number of nitrogens with one attached hydrogen (secondary N) is 1. The fourth-order valence-corrected chi connectivity index (χ4v) is 2.89. The first-order chi connectivity index (χ1) is 12.8. The predicted molar refractivity (Wildman–Crippen MR) is 102 cm³/mol. The molecular weight excluding hydrogens is 320 g/mol. The van der Waals surface area contributed by atoms with E-state index in [0.717, 1.165) is 16.7 Å². The Morgan fingerprint density at radius 2 is 1.38 bits per heavy atom. The van der Waals surface area contributed by atoms with E-state index in [9.17, 15) is 4.79 Å². The van der Waals surface area contributed by atoms with Crippen LogP contribution in [0.4, 0.5) is 0 Å². The number of aryl methyl sites for hydroxylation is 1. The van der Waals surface area contributed by atoms with Gasteiger partial charge in [-0.1, -0.05) is 72.8 Å². The minimum Gasteiger partial charge on any atom is -0.345 e. The first kappa shape index (κ1) is 17.4. The third-order valence-corrected chi connectivity index (χ3v) is 4.29. The molecule has 3 aromatic rings. The Bertz CT molecular complexity index is 842. The molecule has 0 radical (unpaired) electrons. The lowest BCUT2D eigenvalue weighted by molar-refractivity contribution is -0.121. The highest BCUT2D eigenvalue weighted by Gasteiger charge is 2.16. The lowest BCUT2D eigenvalue weighted by Crippen LogP contribution is -2.29. The summed E-state index contributed by atoms with van der Waals surface area (Å²) in [6.07, 6.45) is 1.05. The number of rotatable bonds is 6. The zero-order valence-corrected chi connectivity index (χ0v) is 14.4. The van der Waals surface area contributed by atoms with Gasteiger partial charge in [0.2, 0.25) is 5.91 Å². The maximum atomic E-state index is 12.5. The normalized spacial score (nSPS) is 10.3. The molecule has 0 saturated heterocycles. The van der Waals surface area contributed by atoms with E-state index in [1.165, 1.54) is 0 Å². The third kappa shape index (κ3) is 4.58. The number of amides is 1. The molecule has 0 fully saturated rings. The van der Waals surface area contributed by atoms with Gasteiger partial charge in [0.05, 0.1) is 17.7 Å². The van der Waals surface area contributed by atoms with Crippen LogP contribution in [0.2, 0.25) is 0 Å². The summed E-state index contributed by atoms with van der Waals surface area (Å²) in [5.41, 5.74) is 3.80. The Balaban J connectivity index is 1.68. The van der Waals surface area contributed by atoms with E-state index in [0.29, 0.717) is 18.4 Å². The lowest BCUT2D eigenvalue weighted by atomic mass is 9.98. The fraction of sp³-hybridized carbons (Fsp3) is 0.130. The zero-order valence-electron chi connectivity index (χ0n) is 14.4. The minimum atomic E-state index is -0.161. The van der Waals surface area contributed by atoms with Crippen molar-refractivity contribution in [2.75, 3.05) is 0 Å². The molecule has 0 atom stereocenters. The van der Waals surface area contributed by atoms with Crippen molar-refractivity contribution in [1.29, 1.82) is 5.26 Å². The second-order valence-electron chi connectivity index (χ2n) is 6.13. The van der Waals surface area contributed by atoms with Crippen LogP contribution >= 0.6 is 0 Å². The molecule has 0 saturated carbocycles. The van der Waals surface area contributed by atoms with Crippen molar-refractivity contribution in [1.82, 2.24) is 5.32 Å². The summed E-state index contributed by atoms with van der Waals surface area (Å²) in [5, 5.41) is 12.0. The highest BCUT2D eigenvalue weighted by atomic mass is 16.1. The van der Waals surface area contributed by atoms with Gasteiger partial charge in [0.25, 0.3) is 0 Å².